The van der Waals surface area contributed by atoms with Gasteiger partial charge >= 0.3 is 0 Å². The van der Waals surface area contributed by atoms with E-state index in [1.165, 1.54) is 53.8 Å². The minimum absolute atomic E-state index is 0.0231. The fraction of sp³-hybridized carbons (Fsp3) is 0.0667. The number of amides is 2. The predicted molar refractivity (Wildman–Crippen MR) is 168 cm³/mol. The first kappa shape index (κ1) is 30.1. The van der Waals surface area contributed by atoms with Crippen LogP contribution in [0.1, 0.15) is 16.9 Å². The molecule has 13 heteroatoms. The van der Waals surface area contributed by atoms with Gasteiger partial charge in [-0.05, 0) is 90.6 Å². The summed E-state index contributed by atoms with van der Waals surface area (Å²) in [4.78, 5) is 27.7. The third-order valence-electron chi connectivity index (χ3n) is 5.86. The van der Waals surface area contributed by atoms with Gasteiger partial charge in [0.15, 0.2) is 11.8 Å². The van der Waals surface area contributed by atoms with Crippen LogP contribution in [0.25, 0.3) is 6.08 Å². The van der Waals surface area contributed by atoms with E-state index in [-0.39, 0.29) is 30.0 Å². The van der Waals surface area contributed by atoms with Gasteiger partial charge in [-0.3, -0.25) is 14.5 Å². The lowest BCUT2D eigenvalue weighted by molar-refractivity contribution is -0.122. The van der Waals surface area contributed by atoms with Crippen LogP contribution in [0.2, 0.25) is 5.02 Å². The highest BCUT2D eigenvalue weighted by atomic mass is 79.9. The largest absolute Gasteiger partial charge is 0.507 e. The molecule has 0 saturated carbocycles. The van der Waals surface area contributed by atoms with Crippen LogP contribution in [0.5, 0.6) is 11.5 Å². The number of hydrogen-bond donors (Lipinski definition) is 2. The highest BCUT2D eigenvalue weighted by Crippen LogP contribution is 2.36. The molecule has 1 fully saturated rings. The van der Waals surface area contributed by atoms with Crippen LogP contribution in [0.15, 0.2) is 103 Å². The molecule has 0 atom stereocenters. The molecule has 3 aromatic carbocycles. The average molecular weight is 684 g/mol. The van der Waals surface area contributed by atoms with Gasteiger partial charge in [-0.15, -0.1) is 5.10 Å². The van der Waals surface area contributed by atoms with Crippen molar-refractivity contribution in [1.29, 1.82) is 0 Å². The molecular weight excluding hydrogens is 663 g/mol. The van der Waals surface area contributed by atoms with E-state index in [2.05, 4.69) is 31.4 Å². The van der Waals surface area contributed by atoms with Crippen LogP contribution in [0.4, 0.5) is 10.1 Å². The number of rotatable bonds is 9. The van der Waals surface area contributed by atoms with Gasteiger partial charge in [0.05, 0.1) is 23.9 Å². The standard InChI is InChI=1S/C30H21BrClFN4O5S/c31-20-3-10-26(42-17-28(39)35-23-7-5-22(33)6-8-23)18(12-20)14-27-29(40)37(16-24-2-1-11-41-24)30(43-27)36-34-15-19-13-21(32)4-9-25(19)38/h1-15,38H,16-17H2,(H,35,39)/b27-14-,34-15-,36-30+. The second-order valence-corrected chi connectivity index (χ2v) is 11.3. The third-order valence-corrected chi connectivity index (χ3v) is 7.58. The molecule has 1 aliphatic rings. The van der Waals surface area contributed by atoms with Crippen molar-refractivity contribution < 1.29 is 28.2 Å². The Hall–Kier alpha value is -4.39. The Labute approximate surface area is 262 Å². The fourth-order valence-corrected chi connectivity index (χ4v) is 5.31. The molecule has 4 aromatic rings. The molecule has 9 nitrogen and oxygen atoms in total. The van der Waals surface area contributed by atoms with Crippen LogP contribution in [0, 0.1) is 5.82 Å². The number of amidine groups is 1. The van der Waals surface area contributed by atoms with Crippen molar-refractivity contribution in [3.63, 3.8) is 0 Å². The lowest BCUT2D eigenvalue weighted by Crippen LogP contribution is -2.28. The first-order valence-corrected chi connectivity index (χ1v) is 14.5. The lowest BCUT2D eigenvalue weighted by atomic mass is 10.2. The SMILES string of the molecule is O=C(COc1ccc(Br)cc1/C=C1\S/C(=N/N=C\c2cc(Cl)ccc2O)N(Cc2ccco2)C1=O)Nc1ccc(F)cc1. The summed E-state index contributed by atoms with van der Waals surface area (Å²) in [5, 5.41) is 21.7. The number of phenols is 1. The number of aromatic hydroxyl groups is 1. The summed E-state index contributed by atoms with van der Waals surface area (Å²) < 4.78 is 25.1. The number of halogens is 3. The highest BCUT2D eigenvalue weighted by Gasteiger charge is 2.34. The third kappa shape index (κ3) is 7.92. The Balaban J connectivity index is 1.38. The van der Waals surface area contributed by atoms with E-state index < -0.39 is 11.7 Å². The van der Waals surface area contributed by atoms with E-state index in [0.29, 0.717) is 38.3 Å². The molecule has 0 radical (unpaired) electrons. The minimum atomic E-state index is -0.443. The number of carbonyl (C=O) groups excluding carboxylic acids is 2. The molecule has 218 valence electrons. The maximum atomic E-state index is 13.5. The van der Waals surface area contributed by atoms with Crippen molar-refractivity contribution >= 4 is 74.3 Å². The molecule has 2 N–H and O–H groups in total. The molecule has 5 rings (SSSR count). The second kappa shape index (κ2) is 13.7. The molecule has 0 spiro atoms. The number of benzene rings is 3. The van der Waals surface area contributed by atoms with Gasteiger partial charge in [-0.1, -0.05) is 27.5 Å². The number of nitrogens with zero attached hydrogens (tertiary/aromatic N) is 3. The summed E-state index contributed by atoms with van der Waals surface area (Å²) in [6, 6.07) is 18.5. The molecule has 2 amide bonds. The normalized spacial score (nSPS) is 15.1. The summed E-state index contributed by atoms with van der Waals surface area (Å²) in [7, 11) is 0. The molecule has 0 bridgehead atoms. The fourth-order valence-electron chi connectivity index (χ4n) is 3.83. The van der Waals surface area contributed by atoms with E-state index in [1.54, 1.807) is 42.5 Å². The number of nitrogens with one attached hydrogen (secondary N) is 1. The zero-order chi connectivity index (χ0) is 30.3. The molecule has 1 aromatic heterocycles. The predicted octanol–water partition coefficient (Wildman–Crippen LogP) is 7.06. The lowest BCUT2D eigenvalue weighted by Gasteiger charge is -2.13. The van der Waals surface area contributed by atoms with Crippen LogP contribution in [0.3, 0.4) is 0 Å². The average Bonchev–Trinajstić information content (AvgIpc) is 3.60. The van der Waals surface area contributed by atoms with Crippen LogP contribution in [-0.4, -0.2) is 39.8 Å². The molecule has 43 heavy (non-hydrogen) atoms. The van der Waals surface area contributed by atoms with Crippen molar-refractivity contribution in [1.82, 2.24) is 4.90 Å². The Kier molecular flexibility index (Phi) is 9.60. The topological polar surface area (TPSA) is 117 Å². The number of ether oxygens (including phenoxy) is 1. The summed E-state index contributed by atoms with van der Waals surface area (Å²) in [5.41, 5.74) is 1.32. The smallest absolute Gasteiger partial charge is 0.267 e. The molecule has 2 heterocycles. The number of thioether (sulfide) groups is 1. The van der Waals surface area contributed by atoms with Crippen molar-refractivity contribution in [2.75, 3.05) is 11.9 Å². The van der Waals surface area contributed by atoms with E-state index in [1.807, 2.05) is 0 Å². The molecule has 1 aliphatic heterocycles. The maximum absolute atomic E-state index is 13.5. The Bertz CT molecular complexity index is 1750. The van der Waals surface area contributed by atoms with E-state index in [0.717, 1.165) is 16.2 Å². The number of anilines is 1. The molecule has 0 unspecified atom stereocenters. The van der Waals surface area contributed by atoms with Crippen LogP contribution < -0.4 is 10.1 Å². The van der Waals surface area contributed by atoms with E-state index >= 15 is 0 Å². The Morgan fingerprint density at radius 1 is 1.14 bits per heavy atom. The quantitative estimate of drug-likeness (QED) is 0.111. The van der Waals surface area contributed by atoms with Gasteiger partial charge in [-0.2, -0.15) is 5.10 Å². The van der Waals surface area contributed by atoms with Gasteiger partial charge in [0, 0.05) is 26.3 Å². The Morgan fingerprint density at radius 2 is 1.95 bits per heavy atom. The monoisotopic (exact) mass is 682 g/mol. The maximum Gasteiger partial charge on any atom is 0.267 e. The van der Waals surface area contributed by atoms with Gasteiger partial charge in [0.25, 0.3) is 11.8 Å². The first-order valence-electron chi connectivity index (χ1n) is 12.6. The highest BCUT2D eigenvalue weighted by molar-refractivity contribution is 9.10. The number of hydrogen-bond acceptors (Lipinski definition) is 8. The zero-order valence-corrected chi connectivity index (χ0v) is 25.2. The van der Waals surface area contributed by atoms with Crippen LogP contribution >= 0.6 is 39.3 Å². The number of furan rings is 1. The summed E-state index contributed by atoms with van der Waals surface area (Å²) in [6.45, 7) is -0.211. The van der Waals surface area contributed by atoms with E-state index in [4.69, 9.17) is 20.8 Å². The van der Waals surface area contributed by atoms with Crippen LogP contribution in [-0.2, 0) is 16.1 Å². The minimum Gasteiger partial charge on any atom is -0.507 e. The van der Waals surface area contributed by atoms with Crippen molar-refractivity contribution in [2.45, 2.75) is 6.54 Å². The summed E-state index contributed by atoms with van der Waals surface area (Å²) in [6.07, 6.45) is 4.48. The van der Waals surface area contributed by atoms with Gasteiger partial charge in [-0.25, -0.2) is 4.39 Å². The second-order valence-electron chi connectivity index (χ2n) is 8.94. The van der Waals surface area contributed by atoms with Gasteiger partial charge in [0.2, 0.25) is 0 Å². The number of phenolic OH excluding ortho intramolecular Hbond substituents is 1. The summed E-state index contributed by atoms with van der Waals surface area (Å²) in [5.74, 6) is -0.328. The van der Waals surface area contributed by atoms with Crippen molar-refractivity contribution in [3.05, 3.63) is 116 Å². The number of carbonyl (C=O) groups is 2. The van der Waals surface area contributed by atoms with Gasteiger partial charge < -0.3 is 19.6 Å². The van der Waals surface area contributed by atoms with Crippen molar-refractivity contribution in [2.24, 2.45) is 10.2 Å². The molecule has 1 saturated heterocycles. The Morgan fingerprint density at radius 3 is 2.72 bits per heavy atom. The van der Waals surface area contributed by atoms with E-state index in [9.17, 15) is 19.1 Å². The summed E-state index contributed by atoms with van der Waals surface area (Å²) >= 11 is 10.5. The first-order chi connectivity index (χ1) is 20.7. The molecular formula is C30H21BrClFN4O5S. The zero-order valence-electron chi connectivity index (χ0n) is 22.0. The molecule has 0 aliphatic carbocycles. The van der Waals surface area contributed by atoms with Gasteiger partial charge in [0.1, 0.15) is 23.1 Å². The van der Waals surface area contributed by atoms with Crippen molar-refractivity contribution in [3.8, 4) is 11.5 Å².